The van der Waals surface area contributed by atoms with E-state index >= 15 is 0 Å². The molecule has 0 unspecified atom stereocenters. The first-order valence-corrected chi connectivity index (χ1v) is 10.9. The van der Waals surface area contributed by atoms with Gasteiger partial charge in [-0.15, -0.1) is 0 Å². The molecule has 3 aromatic rings. The van der Waals surface area contributed by atoms with Crippen molar-refractivity contribution in [3.05, 3.63) is 81.9 Å². The van der Waals surface area contributed by atoms with Crippen LogP contribution in [0.1, 0.15) is 22.8 Å². The zero-order valence-electron chi connectivity index (χ0n) is 17.0. The molecular weight excluding hydrogens is 414 g/mol. The summed E-state index contributed by atoms with van der Waals surface area (Å²) in [5.74, 6) is 1.000. The van der Waals surface area contributed by atoms with Crippen molar-refractivity contribution in [2.75, 3.05) is 19.7 Å². The molecule has 0 bridgehead atoms. The molecular formula is C23H21N3O4S. The number of rotatable bonds is 6. The molecule has 0 aromatic heterocycles. The average Bonchev–Trinajstić information content (AvgIpc) is 3.26. The molecule has 158 valence electrons. The van der Waals surface area contributed by atoms with Crippen molar-refractivity contribution in [2.45, 2.75) is 12.7 Å². The third kappa shape index (κ3) is 4.39. The van der Waals surface area contributed by atoms with E-state index in [2.05, 4.69) is 4.99 Å². The standard InChI is InChI=1S/C23H21N3O4S/c1-2-30-20-12-9-17-5-3-4-6-19(17)21(20)22(27)25-14-13-24-23(25)31-15-16-7-10-18(11-8-16)26(28)29/h3-12H,2,13-15H2,1H3. The van der Waals surface area contributed by atoms with Gasteiger partial charge < -0.3 is 4.74 Å². The van der Waals surface area contributed by atoms with Crippen LogP contribution in [0.5, 0.6) is 5.75 Å². The number of amidine groups is 1. The Morgan fingerprint density at radius 3 is 2.68 bits per heavy atom. The fraction of sp³-hybridized carbons (Fsp3) is 0.217. The van der Waals surface area contributed by atoms with E-state index in [0.717, 1.165) is 16.3 Å². The van der Waals surface area contributed by atoms with Crippen LogP contribution in [0.25, 0.3) is 10.8 Å². The number of nitrogens with zero attached hydrogens (tertiary/aromatic N) is 3. The summed E-state index contributed by atoms with van der Waals surface area (Å²) < 4.78 is 5.77. The van der Waals surface area contributed by atoms with Crippen molar-refractivity contribution in [3.63, 3.8) is 0 Å². The van der Waals surface area contributed by atoms with Gasteiger partial charge in [0.1, 0.15) is 5.75 Å². The van der Waals surface area contributed by atoms with Crippen molar-refractivity contribution in [3.8, 4) is 5.75 Å². The van der Waals surface area contributed by atoms with Crippen LogP contribution in [0.2, 0.25) is 0 Å². The number of hydrogen-bond acceptors (Lipinski definition) is 6. The lowest BCUT2D eigenvalue weighted by Crippen LogP contribution is -2.33. The first-order chi connectivity index (χ1) is 15.1. The van der Waals surface area contributed by atoms with Crippen LogP contribution in [0.3, 0.4) is 0 Å². The third-order valence-electron chi connectivity index (χ3n) is 4.97. The molecule has 0 radical (unpaired) electrons. The minimum Gasteiger partial charge on any atom is -0.493 e. The van der Waals surface area contributed by atoms with Crippen LogP contribution in [0, 0.1) is 10.1 Å². The molecule has 0 fully saturated rings. The third-order valence-corrected chi connectivity index (χ3v) is 6.05. The maximum absolute atomic E-state index is 13.6. The highest BCUT2D eigenvalue weighted by atomic mass is 32.2. The van der Waals surface area contributed by atoms with Gasteiger partial charge >= 0.3 is 0 Å². The van der Waals surface area contributed by atoms with Crippen molar-refractivity contribution >= 4 is 39.3 Å². The predicted octanol–water partition coefficient (Wildman–Crippen LogP) is 4.89. The van der Waals surface area contributed by atoms with E-state index in [4.69, 9.17) is 4.74 Å². The summed E-state index contributed by atoms with van der Waals surface area (Å²) in [5, 5.41) is 13.3. The minimum atomic E-state index is -0.418. The van der Waals surface area contributed by atoms with Gasteiger partial charge in [-0.05, 0) is 29.3 Å². The molecule has 3 aromatic carbocycles. The Morgan fingerprint density at radius 2 is 1.94 bits per heavy atom. The van der Waals surface area contributed by atoms with Gasteiger partial charge in [0.05, 0.1) is 23.6 Å². The van der Waals surface area contributed by atoms with Crippen molar-refractivity contribution in [1.82, 2.24) is 4.90 Å². The monoisotopic (exact) mass is 435 g/mol. The van der Waals surface area contributed by atoms with Gasteiger partial charge in [-0.25, -0.2) is 0 Å². The summed E-state index contributed by atoms with van der Waals surface area (Å²) in [6, 6.07) is 18.0. The topological polar surface area (TPSA) is 85.0 Å². The molecule has 0 saturated carbocycles. The molecule has 0 N–H and O–H groups in total. The van der Waals surface area contributed by atoms with E-state index < -0.39 is 4.92 Å². The largest absolute Gasteiger partial charge is 0.493 e. The first kappa shape index (κ1) is 20.9. The van der Waals surface area contributed by atoms with Crippen LogP contribution >= 0.6 is 11.8 Å². The number of carbonyl (C=O) groups is 1. The Balaban J connectivity index is 1.57. The molecule has 4 rings (SSSR count). The number of amides is 1. The number of fused-ring (bicyclic) bond motifs is 1. The SMILES string of the molecule is CCOc1ccc2ccccc2c1C(=O)N1CCN=C1SCc1ccc([N+](=O)[O-])cc1. The molecule has 0 spiro atoms. The number of ether oxygens (including phenoxy) is 1. The lowest BCUT2D eigenvalue weighted by atomic mass is 10.0. The van der Waals surface area contributed by atoms with Crippen LogP contribution < -0.4 is 4.74 Å². The number of nitro groups is 1. The van der Waals surface area contributed by atoms with Gasteiger partial charge in [0.15, 0.2) is 5.17 Å². The summed E-state index contributed by atoms with van der Waals surface area (Å²) in [7, 11) is 0. The van der Waals surface area contributed by atoms with E-state index in [9.17, 15) is 14.9 Å². The molecule has 7 nitrogen and oxygen atoms in total. The summed E-state index contributed by atoms with van der Waals surface area (Å²) >= 11 is 1.45. The zero-order chi connectivity index (χ0) is 21.8. The maximum atomic E-state index is 13.6. The highest BCUT2D eigenvalue weighted by molar-refractivity contribution is 8.13. The zero-order valence-corrected chi connectivity index (χ0v) is 17.8. The summed E-state index contributed by atoms with van der Waals surface area (Å²) in [6.07, 6.45) is 0. The van der Waals surface area contributed by atoms with Crippen LogP contribution in [-0.2, 0) is 5.75 Å². The van der Waals surface area contributed by atoms with Crippen LogP contribution in [0.4, 0.5) is 5.69 Å². The van der Waals surface area contributed by atoms with E-state index in [0.29, 0.717) is 41.9 Å². The molecule has 1 heterocycles. The Bertz CT molecular complexity index is 1160. The van der Waals surface area contributed by atoms with E-state index in [1.807, 2.05) is 43.3 Å². The second kappa shape index (κ2) is 9.18. The number of thioether (sulfide) groups is 1. The van der Waals surface area contributed by atoms with E-state index in [1.165, 1.54) is 23.9 Å². The lowest BCUT2D eigenvalue weighted by Gasteiger charge is -2.21. The second-order valence-corrected chi connectivity index (χ2v) is 7.87. The number of non-ortho nitro benzene ring substituents is 1. The summed E-state index contributed by atoms with van der Waals surface area (Å²) in [4.78, 5) is 30.2. The molecule has 1 aliphatic heterocycles. The van der Waals surface area contributed by atoms with Gasteiger partial charge in [0.2, 0.25) is 0 Å². The number of benzene rings is 3. The number of nitro benzene ring substituents is 1. The smallest absolute Gasteiger partial charge is 0.269 e. The van der Waals surface area contributed by atoms with Gasteiger partial charge in [-0.1, -0.05) is 54.2 Å². The fourth-order valence-electron chi connectivity index (χ4n) is 3.48. The summed E-state index contributed by atoms with van der Waals surface area (Å²) in [5.41, 5.74) is 1.53. The Hall–Kier alpha value is -3.39. The Morgan fingerprint density at radius 1 is 1.16 bits per heavy atom. The maximum Gasteiger partial charge on any atom is 0.269 e. The molecule has 31 heavy (non-hydrogen) atoms. The number of hydrogen-bond donors (Lipinski definition) is 0. The van der Waals surface area contributed by atoms with Crippen molar-refractivity contribution < 1.29 is 14.5 Å². The molecule has 0 aliphatic carbocycles. The minimum absolute atomic E-state index is 0.0585. The normalized spacial score (nSPS) is 13.3. The van der Waals surface area contributed by atoms with Crippen molar-refractivity contribution in [1.29, 1.82) is 0 Å². The average molecular weight is 436 g/mol. The van der Waals surface area contributed by atoms with Crippen molar-refractivity contribution in [2.24, 2.45) is 4.99 Å². The summed E-state index contributed by atoms with van der Waals surface area (Å²) in [6.45, 7) is 3.42. The molecule has 0 atom stereocenters. The fourth-order valence-corrected chi connectivity index (χ4v) is 4.48. The number of carbonyl (C=O) groups excluding carboxylic acids is 1. The molecule has 8 heteroatoms. The lowest BCUT2D eigenvalue weighted by molar-refractivity contribution is -0.384. The van der Waals surface area contributed by atoms with Gasteiger partial charge in [0.25, 0.3) is 11.6 Å². The van der Waals surface area contributed by atoms with Gasteiger partial charge in [0, 0.05) is 24.4 Å². The first-order valence-electron chi connectivity index (χ1n) is 9.95. The molecule has 1 amide bonds. The highest BCUT2D eigenvalue weighted by Gasteiger charge is 2.28. The van der Waals surface area contributed by atoms with Gasteiger partial charge in [-0.2, -0.15) is 0 Å². The van der Waals surface area contributed by atoms with Crippen LogP contribution in [-0.4, -0.2) is 40.6 Å². The Labute approximate surface area is 183 Å². The molecule has 0 saturated heterocycles. The predicted molar refractivity (Wildman–Crippen MR) is 123 cm³/mol. The van der Waals surface area contributed by atoms with E-state index in [1.54, 1.807) is 17.0 Å². The second-order valence-electron chi connectivity index (χ2n) is 6.93. The highest BCUT2D eigenvalue weighted by Crippen LogP contribution is 2.31. The quantitative estimate of drug-likeness (QED) is 0.406. The van der Waals surface area contributed by atoms with Gasteiger partial charge in [-0.3, -0.25) is 24.8 Å². The Kier molecular flexibility index (Phi) is 6.18. The molecule has 1 aliphatic rings. The van der Waals surface area contributed by atoms with Crippen LogP contribution in [0.15, 0.2) is 65.7 Å². The number of aliphatic imine (C=N–C) groups is 1. The van der Waals surface area contributed by atoms with E-state index in [-0.39, 0.29) is 11.6 Å².